The molecule has 0 unspecified atom stereocenters. The Morgan fingerprint density at radius 1 is 1.20 bits per heavy atom. The molecule has 0 saturated carbocycles. The molecule has 1 heterocycles. The lowest BCUT2D eigenvalue weighted by Gasteiger charge is -2.06. The fourth-order valence-corrected chi connectivity index (χ4v) is 2.21. The van der Waals surface area contributed by atoms with Gasteiger partial charge in [0.05, 0.1) is 4.88 Å². The summed E-state index contributed by atoms with van der Waals surface area (Å²) >= 11 is 1.39. The minimum atomic E-state index is -0.247. The zero-order valence-corrected chi connectivity index (χ0v) is 11.9. The molecule has 0 saturated heterocycles. The predicted molar refractivity (Wildman–Crippen MR) is 79.3 cm³/mol. The first kappa shape index (κ1) is 14.3. The molecule has 0 aliphatic rings. The van der Waals surface area contributed by atoms with E-state index >= 15 is 0 Å². The quantitative estimate of drug-likeness (QED) is 0.674. The molecule has 0 bridgehead atoms. The molecular formula is C15H15NO3S. The highest BCUT2D eigenvalue weighted by molar-refractivity contribution is 7.12. The lowest BCUT2D eigenvalue weighted by atomic mass is 10.3. The van der Waals surface area contributed by atoms with Gasteiger partial charge in [-0.3, -0.25) is 9.59 Å². The van der Waals surface area contributed by atoms with Crippen LogP contribution >= 0.6 is 11.3 Å². The van der Waals surface area contributed by atoms with Crippen molar-refractivity contribution in [2.75, 3.05) is 5.32 Å². The summed E-state index contributed by atoms with van der Waals surface area (Å²) in [5.41, 5.74) is 0.665. The number of rotatable bonds is 5. The Bertz CT molecular complexity index is 576. The molecule has 1 N–H and O–H groups in total. The lowest BCUT2D eigenvalue weighted by Crippen LogP contribution is -2.10. The number of carbonyl (C=O) groups excluding carboxylic acids is 2. The van der Waals surface area contributed by atoms with Gasteiger partial charge in [0.25, 0.3) is 5.91 Å². The standard InChI is InChI=1S/C15H15NO3S/c1-2-4-14(17)19-12-8-6-11(7-9-12)16-15(18)13-5-3-10-20-13/h3,5-10H,2,4H2,1H3,(H,16,18). The van der Waals surface area contributed by atoms with Crippen molar-refractivity contribution in [1.29, 1.82) is 0 Å². The smallest absolute Gasteiger partial charge is 0.311 e. The molecule has 4 nitrogen and oxygen atoms in total. The molecule has 1 aromatic heterocycles. The Labute approximate surface area is 121 Å². The van der Waals surface area contributed by atoms with Crippen molar-refractivity contribution in [3.8, 4) is 5.75 Å². The van der Waals surface area contributed by atoms with Gasteiger partial charge in [-0.05, 0) is 42.1 Å². The monoisotopic (exact) mass is 289 g/mol. The third kappa shape index (κ3) is 3.93. The average molecular weight is 289 g/mol. The number of ether oxygens (including phenoxy) is 1. The summed E-state index contributed by atoms with van der Waals surface area (Å²) in [5, 5.41) is 4.63. The molecule has 0 fully saturated rings. The first-order valence-corrected chi connectivity index (χ1v) is 7.22. The SMILES string of the molecule is CCCC(=O)Oc1ccc(NC(=O)c2cccs2)cc1. The van der Waals surface area contributed by atoms with Crippen LogP contribution in [0.5, 0.6) is 5.75 Å². The molecule has 0 atom stereocenters. The van der Waals surface area contributed by atoms with E-state index in [1.807, 2.05) is 18.4 Å². The fourth-order valence-electron chi connectivity index (χ4n) is 1.59. The highest BCUT2D eigenvalue weighted by Gasteiger charge is 2.07. The molecule has 0 radical (unpaired) electrons. The van der Waals surface area contributed by atoms with Gasteiger partial charge >= 0.3 is 5.97 Å². The van der Waals surface area contributed by atoms with E-state index in [1.165, 1.54) is 11.3 Å². The maximum absolute atomic E-state index is 11.8. The second kappa shape index (κ2) is 6.86. The van der Waals surface area contributed by atoms with E-state index in [4.69, 9.17) is 4.74 Å². The Morgan fingerprint density at radius 3 is 2.55 bits per heavy atom. The van der Waals surface area contributed by atoms with Crippen LogP contribution in [0.4, 0.5) is 5.69 Å². The second-order valence-corrected chi connectivity index (χ2v) is 5.13. The van der Waals surface area contributed by atoms with Crippen molar-refractivity contribution in [3.63, 3.8) is 0 Å². The van der Waals surface area contributed by atoms with Gasteiger partial charge in [0.1, 0.15) is 5.75 Å². The molecule has 20 heavy (non-hydrogen) atoms. The minimum Gasteiger partial charge on any atom is -0.427 e. The molecular weight excluding hydrogens is 274 g/mol. The van der Waals surface area contributed by atoms with Crippen molar-refractivity contribution >= 4 is 28.9 Å². The van der Waals surface area contributed by atoms with Crippen molar-refractivity contribution in [3.05, 3.63) is 46.7 Å². The predicted octanol–water partition coefficient (Wildman–Crippen LogP) is 3.71. The molecule has 104 valence electrons. The number of thiophene rings is 1. The summed E-state index contributed by atoms with van der Waals surface area (Å²) in [5.74, 6) is 0.0937. The number of amides is 1. The largest absolute Gasteiger partial charge is 0.427 e. The van der Waals surface area contributed by atoms with Gasteiger partial charge in [0.2, 0.25) is 0 Å². The normalized spacial score (nSPS) is 10.1. The number of benzene rings is 1. The van der Waals surface area contributed by atoms with Crippen molar-refractivity contribution in [1.82, 2.24) is 0 Å². The van der Waals surface area contributed by atoms with Crippen LogP contribution in [0, 0.1) is 0 Å². The average Bonchev–Trinajstić information content (AvgIpc) is 2.95. The molecule has 0 spiro atoms. The van der Waals surface area contributed by atoms with Gasteiger partial charge < -0.3 is 10.1 Å². The van der Waals surface area contributed by atoms with E-state index in [-0.39, 0.29) is 11.9 Å². The Balaban J connectivity index is 1.95. The van der Waals surface area contributed by atoms with Crippen LogP contribution < -0.4 is 10.1 Å². The molecule has 2 aromatic rings. The van der Waals surface area contributed by atoms with Crippen LogP contribution in [0.2, 0.25) is 0 Å². The number of nitrogens with one attached hydrogen (secondary N) is 1. The van der Waals surface area contributed by atoms with Crippen LogP contribution in [-0.4, -0.2) is 11.9 Å². The first-order chi connectivity index (χ1) is 9.69. The van der Waals surface area contributed by atoms with E-state index in [0.717, 1.165) is 6.42 Å². The van der Waals surface area contributed by atoms with E-state index in [1.54, 1.807) is 30.3 Å². The topological polar surface area (TPSA) is 55.4 Å². The Hall–Kier alpha value is -2.14. The summed E-state index contributed by atoms with van der Waals surface area (Å²) in [6, 6.07) is 10.3. The maximum atomic E-state index is 11.8. The van der Waals surface area contributed by atoms with Crippen LogP contribution in [0.3, 0.4) is 0 Å². The zero-order chi connectivity index (χ0) is 14.4. The second-order valence-electron chi connectivity index (χ2n) is 4.18. The number of carbonyl (C=O) groups is 2. The van der Waals surface area contributed by atoms with E-state index in [9.17, 15) is 9.59 Å². The highest BCUT2D eigenvalue weighted by Crippen LogP contribution is 2.18. The van der Waals surface area contributed by atoms with Crippen LogP contribution in [0.25, 0.3) is 0 Å². The summed E-state index contributed by atoms with van der Waals surface area (Å²) in [7, 11) is 0. The van der Waals surface area contributed by atoms with E-state index < -0.39 is 0 Å². The van der Waals surface area contributed by atoms with Gasteiger partial charge in [-0.2, -0.15) is 0 Å². The van der Waals surface area contributed by atoms with Crippen LogP contribution in [0.15, 0.2) is 41.8 Å². The van der Waals surface area contributed by atoms with Crippen LogP contribution in [0.1, 0.15) is 29.4 Å². The van der Waals surface area contributed by atoms with E-state index in [2.05, 4.69) is 5.32 Å². The minimum absolute atomic E-state index is 0.143. The van der Waals surface area contributed by atoms with Gasteiger partial charge in [0, 0.05) is 12.1 Å². The number of hydrogen-bond donors (Lipinski definition) is 1. The molecule has 1 amide bonds. The molecule has 1 aromatic carbocycles. The van der Waals surface area contributed by atoms with E-state index in [0.29, 0.717) is 22.7 Å². The molecule has 0 aliphatic carbocycles. The molecule has 5 heteroatoms. The van der Waals surface area contributed by atoms with Gasteiger partial charge in [-0.15, -0.1) is 11.3 Å². The summed E-state index contributed by atoms with van der Waals surface area (Å²) < 4.78 is 5.14. The number of hydrogen-bond acceptors (Lipinski definition) is 4. The number of anilines is 1. The number of esters is 1. The van der Waals surface area contributed by atoms with Crippen molar-refractivity contribution in [2.24, 2.45) is 0 Å². The molecule has 0 aliphatic heterocycles. The summed E-state index contributed by atoms with van der Waals surface area (Å²) in [4.78, 5) is 23.8. The van der Waals surface area contributed by atoms with Crippen molar-refractivity contribution in [2.45, 2.75) is 19.8 Å². The van der Waals surface area contributed by atoms with Gasteiger partial charge in [-0.25, -0.2) is 0 Å². The highest BCUT2D eigenvalue weighted by atomic mass is 32.1. The Morgan fingerprint density at radius 2 is 1.95 bits per heavy atom. The first-order valence-electron chi connectivity index (χ1n) is 6.34. The fraction of sp³-hybridized carbons (Fsp3) is 0.200. The summed E-state index contributed by atoms with van der Waals surface area (Å²) in [6.45, 7) is 1.92. The third-order valence-corrected chi connectivity index (χ3v) is 3.41. The van der Waals surface area contributed by atoms with Crippen molar-refractivity contribution < 1.29 is 14.3 Å². The zero-order valence-electron chi connectivity index (χ0n) is 11.1. The molecule has 2 rings (SSSR count). The Kier molecular flexibility index (Phi) is 4.90. The van der Waals surface area contributed by atoms with Gasteiger partial charge in [-0.1, -0.05) is 13.0 Å². The summed E-state index contributed by atoms with van der Waals surface area (Å²) in [6.07, 6.45) is 1.16. The lowest BCUT2D eigenvalue weighted by molar-refractivity contribution is -0.134. The third-order valence-electron chi connectivity index (χ3n) is 2.54. The van der Waals surface area contributed by atoms with Gasteiger partial charge in [0.15, 0.2) is 0 Å². The maximum Gasteiger partial charge on any atom is 0.311 e. The van der Waals surface area contributed by atoms with Crippen LogP contribution in [-0.2, 0) is 4.79 Å².